The Kier molecular flexibility index (Phi) is 9.76. The minimum absolute atomic E-state index is 0.0250. The third-order valence-corrected chi connectivity index (χ3v) is 6.64. The van der Waals surface area contributed by atoms with E-state index in [1.807, 2.05) is 80.2 Å². The number of hydrogen-bond donors (Lipinski definition) is 0. The van der Waals surface area contributed by atoms with E-state index < -0.39 is 0 Å². The summed E-state index contributed by atoms with van der Waals surface area (Å²) in [6.07, 6.45) is 8.93. The zero-order valence-electron chi connectivity index (χ0n) is 21.6. The highest BCUT2D eigenvalue weighted by atomic mass is 16.3. The van der Waals surface area contributed by atoms with Crippen molar-refractivity contribution in [3.8, 4) is 0 Å². The van der Waals surface area contributed by atoms with Crippen LogP contribution in [-0.4, -0.2) is 38.8 Å². The van der Waals surface area contributed by atoms with Crippen LogP contribution in [0.15, 0.2) is 65.4 Å². The van der Waals surface area contributed by atoms with Crippen molar-refractivity contribution in [3.05, 3.63) is 83.6 Å². The monoisotopic (exact) mass is 477 g/mol. The standard InChI is InChI=1S/C29H39N3O3/c1-5-7-8-11-24-14-16-25(17-15-24)29(34)32(23(3)6-2)22-28(33)31(21-27-13-10-19-35-27)20-26-12-9-18-30(26)4/h9-10,12-19,23H,5-8,11,20-22H2,1-4H3. The van der Waals surface area contributed by atoms with E-state index in [0.29, 0.717) is 24.4 Å². The number of furan rings is 1. The van der Waals surface area contributed by atoms with E-state index in [4.69, 9.17) is 4.42 Å². The molecule has 0 aliphatic heterocycles. The predicted molar refractivity (Wildman–Crippen MR) is 139 cm³/mol. The molecular formula is C29H39N3O3. The minimum Gasteiger partial charge on any atom is -0.467 e. The van der Waals surface area contributed by atoms with Gasteiger partial charge in [0.15, 0.2) is 0 Å². The molecule has 2 amide bonds. The van der Waals surface area contributed by atoms with Crippen molar-refractivity contribution >= 4 is 11.8 Å². The molecule has 0 spiro atoms. The normalized spacial score (nSPS) is 11.9. The number of rotatable bonds is 13. The highest BCUT2D eigenvalue weighted by molar-refractivity contribution is 5.96. The van der Waals surface area contributed by atoms with E-state index in [0.717, 1.165) is 25.0 Å². The number of amides is 2. The third kappa shape index (κ3) is 7.35. The molecule has 3 aromatic rings. The lowest BCUT2D eigenvalue weighted by Crippen LogP contribution is -2.46. The van der Waals surface area contributed by atoms with Crippen LogP contribution in [0.2, 0.25) is 0 Å². The van der Waals surface area contributed by atoms with Gasteiger partial charge in [0.25, 0.3) is 5.91 Å². The number of carbonyl (C=O) groups is 2. The lowest BCUT2D eigenvalue weighted by Gasteiger charge is -2.31. The molecule has 0 saturated heterocycles. The summed E-state index contributed by atoms with van der Waals surface area (Å²) >= 11 is 0. The number of benzene rings is 1. The van der Waals surface area contributed by atoms with E-state index in [2.05, 4.69) is 6.92 Å². The molecule has 2 heterocycles. The second kappa shape index (κ2) is 13.0. The zero-order chi connectivity index (χ0) is 25.2. The molecule has 3 rings (SSSR count). The number of hydrogen-bond acceptors (Lipinski definition) is 3. The molecule has 188 valence electrons. The van der Waals surface area contributed by atoms with Crippen LogP contribution < -0.4 is 0 Å². The maximum absolute atomic E-state index is 13.6. The van der Waals surface area contributed by atoms with Gasteiger partial charge in [0.2, 0.25) is 5.91 Å². The first kappa shape index (κ1) is 26.3. The van der Waals surface area contributed by atoms with Crippen molar-refractivity contribution < 1.29 is 14.0 Å². The van der Waals surface area contributed by atoms with Gasteiger partial charge in [-0.15, -0.1) is 0 Å². The Morgan fingerprint density at radius 1 is 1.00 bits per heavy atom. The molecular weight excluding hydrogens is 438 g/mol. The number of aromatic nitrogens is 1. The quantitative estimate of drug-likeness (QED) is 0.292. The molecule has 6 heteroatoms. The smallest absolute Gasteiger partial charge is 0.254 e. The first-order chi connectivity index (χ1) is 16.9. The largest absolute Gasteiger partial charge is 0.467 e. The first-order valence-electron chi connectivity index (χ1n) is 12.7. The summed E-state index contributed by atoms with van der Waals surface area (Å²) in [5, 5.41) is 0. The van der Waals surface area contributed by atoms with Gasteiger partial charge in [0, 0.05) is 30.5 Å². The summed E-state index contributed by atoms with van der Waals surface area (Å²) in [5.41, 5.74) is 2.88. The van der Waals surface area contributed by atoms with Crippen LogP contribution in [0.4, 0.5) is 0 Å². The second-order valence-corrected chi connectivity index (χ2v) is 9.28. The Bertz CT molecular complexity index is 1050. The maximum Gasteiger partial charge on any atom is 0.254 e. The molecule has 0 aliphatic carbocycles. The average Bonchev–Trinajstić information content (AvgIpc) is 3.53. The van der Waals surface area contributed by atoms with Crippen molar-refractivity contribution in [1.29, 1.82) is 0 Å². The van der Waals surface area contributed by atoms with Crippen LogP contribution in [0.1, 0.15) is 73.8 Å². The SMILES string of the molecule is CCCCCc1ccc(C(=O)N(CC(=O)N(Cc2ccco2)Cc2cccn2C)C(C)CC)cc1. The molecule has 35 heavy (non-hydrogen) atoms. The molecule has 0 bridgehead atoms. The molecule has 6 nitrogen and oxygen atoms in total. The Hall–Kier alpha value is -3.28. The van der Waals surface area contributed by atoms with Gasteiger partial charge in [-0.2, -0.15) is 0 Å². The topological polar surface area (TPSA) is 58.7 Å². The number of carbonyl (C=O) groups excluding carboxylic acids is 2. The maximum atomic E-state index is 13.6. The molecule has 1 atom stereocenters. The van der Waals surface area contributed by atoms with Gasteiger partial charge in [0.05, 0.1) is 19.4 Å². The lowest BCUT2D eigenvalue weighted by molar-refractivity contribution is -0.134. The van der Waals surface area contributed by atoms with Crippen LogP contribution >= 0.6 is 0 Å². The van der Waals surface area contributed by atoms with Gasteiger partial charge in [-0.05, 0) is 68.1 Å². The van der Waals surface area contributed by atoms with Crippen LogP contribution in [0.25, 0.3) is 0 Å². The minimum atomic E-state index is -0.107. The molecule has 0 aliphatic rings. The van der Waals surface area contributed by atoms with E-state index in [9.17, 15) is 9.59 Å². The second-order valence-electron chi connectivity index (χ2n) is 9.28. The third-order valence-electron chi connectivity index (χ3n) is 6.64. The Labute approximate surface area is 209 Å². The van der Waals surface area contributed by atoms with E-state index >= 15 is 0 Å². The summed E-state index contributed by atoms with van der Waals surface area (Å²) in [6, 6.07) is 15.5. The van der Waals surface area contributed by atoms with Gasteiger partial charge in [-0.1, -0.05) is 38.8 Å². The van der Waals surface area contributed by atoms with Crippen LogP contribution in [-0.2, 0) is 31.4 Å². The van der Waals surface area contributed by atoms with Crippen LogP contribution in [0.3, 0.4) is 0 Å². The summed E-state index contributed by atoms with van der Waals surface area (Å²) in [7, 11) is 1.96. The Balaban J connectivity index is 1.76. The fourth-order valence-corrected chi connectivity index (χ4v) is 4.13. The average molecular weight is 478 g/mol. The number of aryl methyl sites for hydroxylation is 2. The van der Waals surface area contributed by atoms with Crippen molar-refractivity contribution in [1.82, 2.24) is 14.4 Å². The van der Waals surface area contributed by atoms with Crippen LogP contribution in [0.5, 0.6) is 0 Å². The lowest BCUT2D eigenvalue weighted by atomic mass is 10.0. The van der Waals surface area contributed by atoms with Crippen molar-refractivity contribution in [3.63, 3.8) is 0 Å². The summed E-state index contributed by atoms with van der Waals surface area (Å²) in [6.45, 7) is 7.05. The highest BCUT2D eigenvalue weighted by Crippen LogP contribution is 2.17. The first-order valence-corrected chi connectivity index (χ1v) is 12.7. The van der Waals surface area contributed by atoms with Crippen molar-refractivity contribution in [2.24, 2.45) is 7.05 Å². The Morgan fingerprint density at radius 2 is 1.77 bits per heavy atom. The summed E-state index contributed by atoms with van der Waals surface area (Å²) < 4.78 is 7.52. The molecule has 0 radical (unpaired) electrons. The van der Waals surface area contributed by atoms with Gasteiger partial charge >= 0.3 is 0 Å². The van der Waals surface area contributed by atoms with Gasteiger partial charge in [0.1, 0.15) is 12.3 Å². The zero-order valence-corrected chi connectivity index (χ0v) is 21.6. The van der Waals surface area contributed by atoms with Crippen molar-refractivity contribution in [2.45, 2.75) is 72.0 Å². The fourth-order valence-electron chi connectivity index (χ4n) is 4.13. The molecule has 0 saturated carbocycles. The van der Waals surface area contributed by atoms with Crippen LogP contribution in [0, 0.1) is 0 Å². The predicted octanol–water partition coefficient (Wildman–Crippen LogP) is 5.82. The number of unbranched alkanes of at least 4 members (excludes halogenated alkanes) is 2. The Morgan fingerprint density at radius 3 is 2.37 bits per heavy atom. The molecule has 0 fully saturated rings. The molecule has 2 aromatic heterocycles. The van der Waals surface area contributed by atoms with E-state index in [1.165, 1.54) is 18.4 Å². The number of nitrogens with zero attached hydrogens (tertiary/aromatic N) is 3. The van der Waals surface area contributed by atoms with Gasteiger partial charge in [-0.25, -0.2) is 0 Å². The summed E-state index contributed by atoms with van der Waals surface area (Å²) in [5.74, 6) is 0.504. The molecule has 0 N–H and O–H groups in total. The van der Waals surface area contributed by atoms with E-state index in [-0.39, 0.29) is 24.4 Å². The van der Waals surface area contributed by atoms with Gasteiger partial charge < -0.3 is 18.8 Å². The van der Waals surface area contributed by atoms with E-state index in [1.54, 1.807) is 16.1 Å². The fraction of sp³-hybridized carbons (Fsp3) is 0.448. The highest BCUT2D eigenvalue weighted by Gasteiger charge is 2.26. The molecule has 1 aromatic carbocycles. The molecule has 1 unspecified atom stereocenters. The summed E-state index contributed by atoms with van der Waals surface area (Å²) in [4.78, 5) is 30.5. The van der Waals surface area contributed by atoms with Crippen molar-refractivity contribution in [2.75, 3.05) is 6.54 Å². The van der Waals surface area contributed by atoms with Gasteiger partial charge in [-0.3, -0.25) is 9.59 Å².